The topological polar surface area (TPSA) is 84.2 Å². The van der Waals surface area contributed by atoms with E-state index in [0.29, 0.717) is 22.7 Å². The molecule has 1 aromatic rings. The van der Waals surface area contributed by atoms with Crippen LogP contribution in [0.25, 0.3) is 0 Å². The van der Waals surface area contributed by atoms with Crippen molar-refractivity contribution in [3.8, 4) is 0 Å². The van der Waals surface area contributed by atoms with Gasteiger partial charge in [-0.2, -0.15) is 11.8 Å². The fourth-order valence-electron chi connectivity index (χ4n) is 1.88. The van der Waals surface area contributed by atoms with Crippen LogP contribution in [0.5, 0.6) is 0 Å². The normalized spacial score (nSPS) is 14.6. The first-order valence-electron chi connectivity index (χ1n) is 7.17. The van der Waals surface area contributed by atoms with E-state index in [-0.39, 0.29) is 30.3 Å². The number of nitrogens with two attached hydrogens (primary N) is 1. The van der Waals surface area contributed by atoms with Crippen molar-refractivity contribution in [2.24, 2.45) is 5.73 Å². The zero-order valence-electron chi connectivity index (χ0n) is 12.8. The molecule has 4 N–H and O–H groups in total. The third kappa shape index (κ3) is 6.22. The number of rotatable bonds is 7. The van der Waals surface area contributed by atoms with Gasteiger partial charge in [0.2, 0.25) is 5.91 Å². The fraction of sp³-hybridized carbons (Fsp3) is 0.467. The van der Waals surface area contributed by atoms with Crippen LogP contribution >= 0.6 is 35.8 Å². The van der Waals surface area contributed by atoms with Crippen LogP contribution in [-0.4, -0.2) is 35.9 Å². The maximum Gasteiger partial charge on any atom is 0.253 e. The number of amides is 2. The lowest BCUT2D eigenvalue weighted by molar-refractivity contribution is -0.117. The van der Waals surface area contributed by atoms with Crippen molar-refractivity contribution in [3.05, 3.63) is 28.8 Å². The average molecular weight is 378 g/mol. The standard InChI is InChI=1S/C15H20ClN3O2S.ClH/c1-22-7-6-13(17)15(21)19-10-4-5-12(16)11(8-10)14(20)18-9-2-3-9;/h4-5,8-9,13H,2-3,6-7,17H2,1H3,(H,18,20)(H,19,21);1H/t13-;/m0./s1. The molecular formula is C15H21Cl2N3O2S. The highest BCUT2D eigenvalue weighted by Crippen LogP contribution is 2.24. The van der Waals surface area contributed by atoms with E-state index >= 15 is 0 Å². The van der Waals surface area contributed by atoms with Gasteiger partial charge in [0, 0.05) is 11.7 Å². The molecule has 8 heteroatoms. The molecule has 0 saturated heterocycles. The van der Waals surface area contributed by atoms with Gasteiger partial charge in [-0.1, -0.05) is 11.6 Å². The molecule has 1 saturated carbocycles. The van der Waals surface area contributed by atoms with Crippen LogP contribution in [0.3, 0.4) is 0 Å². The number of hydrogen-bond acceptors (Lipinski definition) is 4. The molecule has 23 heavy (non-hydrogen) atoms. The molecule has 128 valence electrons. The molecule has 0 aromatic heterocycles. The SMILES string of the molecule is CSCC[C@H](N)C(=O)Nc1ccc(Cl)c(C(=O)NC2CC2)c1.Cl. The second kappa shape index (κ2) is 9.37. The van der Waals surface area contributed by atoms with Gasteiger partial charge >= 0.3 is 0 Å². The Hall–Kier alpha value is -0.950. The lowest BCUT2D eigenvalue weighted by atomic mass is 10.1. The lowest BCUT2D eigenvalue weighted by Crippen LogP contribution is -2.36. The van der Waals surface area contributed by atoms with Gasteiger partial charge in [0.25, 0.3) is 5.91 Å². The Balaban J connectivity index is 0.00000264. The molecule has 5 nitrogen and oxygen atoms in total. The molecule has 1 aliphatic carbocycles. The van der Waals surface area contributed by atoms with Gasteiger partial charge in [-0.3, -0.25) is 9.59 Å². The Morgan fingerprint density at radius 2 is 2.13 bits per heavy atom. The van der Waals surface area contributed by atoms with Gasteiger partial charge in [-0.05, 0) is 49.5 Å². The van der Waals surface area contributed by atoms with Gasteiger partial charge in [-0.25, -0.2) is 0 Å². The Morgan fingerprint density at radius 3 is 2.74 bits per heavy atom. The molecule has 2 rings (SSSR count). The van der Waals surface area contributed by atoms with Crippen LogP contribution in [0.4, 0.5) is 5.69 Å². The molecule has 0 spiro atoms. The zero-order chi connectivity index (χ0) is 16.1. The molecular weight excluding hydrogens is 357 g/mol. The third-order valence-corrected chi connectivity index (χ3v) is 4.33. The van der Waals surface area contributed by atoms with Gasteiger partial charge in [-0.15, -0.1) is 12.4 Å². The summed E-state index contributed by atoms with van der Waals surface area (Å²) in [7, 11) is 0. The minimum Gasteiger partial charge on any atom is -0.349 e. The number of carbonyl (C=O) groups is 2. The molecule has 0 aliphatic heterocycles. The number of halogens is 2. The molecule has 1 aromatic carbocycles. The van der Waals surface area contributed by atoms with E-state index in [1.54, 1.807) is 30.0 Å². The largest absolute Gasteiger partial charge is 0.349 e. The van der Waals surface area contributed by atoms with Crippen LogP contribution in [0, 0.1) is 0 Å². The van der Waals surface area contributed by atoms with Crippen molar-refractivity contribution < 1.29 is 9.59 Å². The number of nitrogens with one attached hydrogen (secondary N) is 2. The molecule has 2 amide bonds. The van der Waals surface area contributed by atoms with Crippen molar-refractivity contribution in [1.82, 2.24) is 5.32 Å². The smallest absolute Gasteiger partial charge is 0.253 e. The predicted octanol–water partition coefficient (Wildman–Crippen LogP) is 2.67. The maximum absolute atomic E-state index is 12.1. The maximum atomic E-state index is 12.1. The van der Waals surface area contributed by atoms with E-state index in [0.717, 1.165) is 18.6 Å². The average Bonchev–Trinajstić information content (AvgIpc) is 3.30. The number of anilines is 1. The summed E-state index contributed by atoms with van der Waals surface area (Å²) in [6, 6.07) is 4.54. The number of thioether (sulfide) groups is 1. The first-order chi connectivity index (χ1) is 10.5. The highest BCUT2D eigenvalue weighted by Gasteiger charge is 2.25. The van der Waals surface area contributed by atoms with Gasteiger partial charge in [0.15, 0.2) is 0 Å². The number of carbonyl (C=O) groups excluding carboxylic acids is 2. The third-order valence-electron chi connectivity index (χ3n) is 3.36. The highest BCUT2D eigenvalue weighted by atomic mass is 35.5. The molecule has 0 radical (unpaired) electrons. The predicted molar refractivity (Wildman–Crippen MR) is 98.8 cm³/mol. The van der Waals surface area contributed by atoms with Crippen molar-refractivity contribution >= 4 is 53.3 Å². The van der Waals surface area contributed by atoms with Gasteiger partial charge in [0.1, 0.15) is 0 Å². The summed E-state index contributed by atoms with van der Waals surface area (Å²) >= 11 is 7.70. The Morgan fingerprint density at radius 1 is 1.43 bits per heavy atom. The Bertz CT molecular complexity index is 568. The van der Waals surface area contributed by atoms with E-state index in [2.05, 4.69) is 10.6 Å². The van der Waals surface area contributed by atoms with E-state index in [1.165, 1.54) is 0 Å². The van der Waals surface area contributed by atoms with E-state index in [9.17, 15) is 9.59 Å². The van der Waals surface area contributed by atoms with E-state index in [1.807, 2.05) is 6.26 Å². The van der Waals surface area contributed by atoms with Crippen molar-refractivity contribution in [1.29, 1.82) is 0 Å². The minimum atomic E-state index is -0.563. The van der Waals surface area contributed by atoms with Crippen LogP contribution in [0.1, 0.15) is 29.6 Å². The summed E-state index contributed by atoms with van der Waals surface area (Å²) in [5, 5.41) is 5.97. The van der Waals surface area contributed by atoms with E-state index in [4.69, 9.17) is 17.3 Å². The van der Waals surface area contributed by atoms with Crippen LogP contribution in [-0.2, 0) is 4.79 Å². The second-order valence-electron chi connectivity index (χ2n) is 5.32. The quantitative estimate of drug-likeness (QED) is 0.681. The summed E-state index contributed by atoms with van der Waals surface area (Å²) in [4.78, 5) is 24.1. The van der Waals surface area contributed by atoms with Crippen LogP contribution in [0.2, 0.25) is 5.02 Å². The van der Waals surface area contributed by atoms with Crippen molar-refractivity contribution in [2.75, 3.05) is 17.3 Å². The van der Waals surface area contributed by atoms with Crippen LogP contribution < -0.4 is 16.4 Å². The minimum absolute atomic E-state index is 0. The highest BCUT2D eigenvalue weighted by molar-refractivity contribution is 7.98. The first kappa shape index (κ1) is 20.1. The monoisotopic (exact) mass is 377 g/mol. The van der Waals surface area contributed by atoms with Gasteiger partial charge < -0.3 is 16.4 Å². The Kier molecular flexibility index (Phi) is 8.19. The van der Waals surface area contributed by atoms with Crippen molar-refractivity contribution in [3.63, 3.8) is 0 Å². The molecule has 1 atom stereocenters. The lowest BCUT2D eigenvalue weighted by Gasteiger charge is -2.13. The molecule has 1 aliphatic rings. The second-order valence-corrected chi connectivity index (χ2v) is 6.71. The summed E-state index contributed by atoms with van der Waals surface area (Å²) in [5.74, 6) is 0.352. The molecule has 0 heterocycles. The van der Waals surface area contributed by atoms with Crippen LogP contribution in [0.15, 0.2) is 18.2 Å². The molecule has 0 unspecified atom stereocenters. The number of benzene rings is 1. The Labute approximate surface area is 151 Å². The van der Waals surface area contributed by atoms with Crippen molar-refractivity contribution in [2.45, 2.75) is 31.3 Å². The van der Waals surface area contributed by atoms with E-state index < -0.39 is 6.04 Å². The molecule has 1 fully saturated rings. The summed E-state index contributed by atoms with van der Waals surface area (Å²) in [6.07, 6.45) is 4.58. The van der Waals surface area contributed by atoms with Gasteiger partial charge in [0.05, 0.1) is 16.6 Å². The fourth-order valence-corrected chi connectivity index (χ4v) is 2.57. The summed E-state index contributed by atoms with van der Waals surface area (Å²) < 4.78 is 0. The number of hydrogen-bond donors (Lipinski definition) is 3. The summed E-state index contributed by atoms with van der Waals surface area (Å²) in [6.45, 7) is 0. The molecule has 0 bridgehead atoms. The first-order valence-corrected chi connectivity index (χ1v) is 8.94. The summed E-state index contributed by atoms with van der Waals surface area (Å²) in [5.41, 5.74) is 6.71. The zero-order valence-corrected chi connectivity index (χ0v) is 15.2.